The molecule has 0 saturated carbocycles. The Morgan fingerprint density at radius 3 is 2.85 bits per heavy atom. The highest BCUT2D eigenvalue weighted by Gasteiger charge is 2.48. The van der Waals surface area contributed by atoms with Crippen molar-refractivity contribution in [3.05, 3.63) is 30.4 Å². The van der Waals surface area contributed by atoms with Gasteiger partial charge in [0.2, 0.25) is 5.78 Å². The summed E-state index contributed by atoms with van der Waals surface area (Å²) in [6.45, 7) is 5.92. The Morgan fingerprint density at radius 2 is 2.15 bits per heavy atom. The Morgan fingerprint density at radius 1 is 1.37 bits per heavy atom. The molecule has 2 aliphatic rings. The van der Waals surface area contributed by atoms with E-state index in [0.29, 0.717) is 43.9 Å². The number of carbonyl (C=O) groups excluding carboxylic acids is 2. The van der Waals surface area contributed by atoms with Crippen LogP contribution in [-0.2, 0) is 4.74 Å². The van der Waals surface area contributed by atoms with Gasteiger partial charge in [-0.3, -0.25) is 9.20 Å². The zero-order valence-electron chi connectivity index (χ0n) is 15.8. The predicted molar refractivity (Wildman–Crippen MR) is 98.4 cm³/mol. The van der Waals surface area contributed by atoms with Gasteiger partial charge in [-0.2, -0.15) is 0 Å². The summed E-state index contributed by atoms with van der Waals surface area (Å²) < 4.78 is 7.51. The number of piperidine rings is 1. The van der Waals surface area contributed by atoms with Crippen LogP contribution >= 0.6 is 0 Å². The number of imidazole rings is 1. The summed E-state index contributed by atoms with van der Waals surface area (Å²) in [4.78, 5) is 37.2. The molecule has 2 amide bonds. The maximum absolute atomic E-state index is 12.8. The average Bonchev–Trinajstić information content (AvgIpc) is 3.23. The smallest absolute Gasteiger partial charge is 0.410 e. The number of likely N-dealkylation sites (tertiary alicyclic amines) is 1. The molecule has 2 saturated heterocycles. The van der Waals surface area contributed by atoms with Crippen LogP contribution in [0, 0.1) is 0 Å². The first kappa shape index (κ1) is 17.8. The Hall–Kier alpha value is -2.64. The Balaban J connectivity index is 1.41. The molecule has 0 bridgehead atoms. The number of fused-ring (bicyclic) bond motifs is 1. The topological polar surface area (TPSA) is 80.0 Å². The summed E-state index contributed by atoms with van der Waals surface area (Å²) in [6.07, 6.45) is 8.28. The van der Waals surface area contributed by atoms with Crippen LogP contribution in [0.1, 0.15) is 50.0 Å². The Kier molecular flexibility index (Phi) is 4.49. The van der Waals surface area contributed by atoms with Crippen molar-refractivity contribution >= 4 is 17.8 Å². The quantitative estimate of drug-likeness (QED) is 0.824. The van der Waals surface area contributed by atoms with Crippen LogP contribution in [0.15, 0.2) is 24.7 Å². The monoisotopic (exact) mass is 371 g/mol. The van der Waals surface area contributed by atoms with Gasteiger partial charge in [-0.1, -0.05) is 13.3 Å². The van der Waals surface area contributed by atoms with E-state index in [9.17, 15) is 9.59 Å². The van der Waals surface area contributed by atoms with Crippen molar-refractivity contribution in [2.75, 3.05) is 19.6 Å². The van der Waals surface area contributed by atoms with Crippen LogP contribution < -0.4 is 0 Å². The van der Waals surface area contributed by atoms with Crippen molar-refractivity contribution in [2.24, 2.45) is 0 Å². The van der Waals surface area contributed by atoms with Crippen LogP contribution in [0.25, 0.3) is 5.78 Å². The van der Waals surface area contributed by atoms with E-state index in [4.69, 9.17) is 4.74 Å². The Bertz CT molecular complexity index is 823. The fourth-order valence-electron chi connectivity index (χ4n) is 4.03. The first-order chi connectivity index (χ1) is 13.0. The molecule has 2 aromatic rings. The van der Waals surface area contributed by atoms with E-state index in [2.05, 4.69) is 23.8 Å². The standard InChI is InChI=1S/C19H25N5O3/c1-3-5-14(2)24-13-19(27-18(24)26)6-10-22(11-7-19)16(25)15-12-23-9-4-8-20-17(23)21-15/h4,8-9,12,14H,3,5-7,10-11,13H2,1-2H3. The minimum absolute atomic E-state index is 0.101. The van der Waals surface area contributed by atoms with Crippen molar-refractivity contribution in [1.82, 2.24) is 24.2 Å². The minimum atomic E-state index is -0.462. The van der Waals surface area contributed by atoms with Gasteiger partial charge in [0.1, 0.15) is 11.3 Å². The zero-order valence-corrected chi connectivity index (χ0v) is 15.8. The fraction of sp³-hybridized carbons (Fsp3) is 0.579. The van der Waals surface area contributed by atoms with E-state index in [1.807, 2.05) is 11.1 Å². The largest absolute Gasteiger partial charge is 0.441 e. The van der Waals surface area contributed by atoms with Gasteiger partial charge in [-0.25, -0.2) is 14.8 Å². The summed E-state index contributed by atoms with van der Waals surface area (Å²) in [5, 5.41) is 0. The molecule has 144 valence electrons. The molecule has 0 aromatic carbocycles. The molecule has 1 unspecified atom stereocenters. The molecule has 1 spiro atoms. The molecule has 2 aliphatic heterocycles. The third-order valence-electron chi connectivity index (χ3n) is 5.65. The van der Waals surface area contributed by atoms with Crippen molar-refractivity contribution < 1.29 is 14.3 Å². The van der Waals surface area contributed by atoms with Gasteiger partial charge in [-0.05, 0) is 19.4 Å². The molecule has 0 N–H and O–H groups in total. The number of hydrogen-bond acceptors (Lipinski definition) is 5. The van der Waals surface area contributed by atoms with Crippen molar-refractivity contribution in [3.8, 4) is 0 Å². The number of aromatic nitrogens is 3. The summed E-state index contributed by atoms with van der Waals surface area (Å²) in [5.74, 6) is 0.412. The molecule has 0 aliphatic carbocycles. The summed E-state index contributed by atoms with van der Waals surface area (Å²) in [5.41, 5.74) is -0.0673. The molecule has 2 aromatic heterocycles. The fourth-order valence-corrected chi connectivity index (χ4v) is 4.03. The van der Waals surface area contributed by atoms with Crippen molar-refractivity contribution in [2.45, 2.75) is 51.2 Å². The minimum Gasteiger partial charge on any atom is -0.441 e. The normalized spacial score (nSPS) is 20.3. The number of amides is 2. The lowest BCUT2D eigenvalue weighted by Crippen LogP contribution is -2.49. The molecule has 8 heteroatoms. The molecule has 0 radical (unpaired) electrons. The van der Waals surface area contributed by atoms with Crippen LogP contribution in [0.5, 0.6) is 0 Å². The summed E-state index contributed by atoms with van der Waals surface area (Å²) in [7, 11) is 0. The number of hydrogen-bond donors (Lipinski definition) is 0. The van der Waals surface area contributed by atoms with Gasteiger partial charge in [0, 0.05) is 50.6 Å². The van der Waals surface area contributed by atoms with Crippen molar-refractivity contribution in [1.29, 1.82) is 0 Å². The maximum atomic E-state index is 12.8. The molecule has 8 nitrogen and oxygen atoms in total. The van der Waals surface area contributed by atoms with E-state index in [0.717, 1.165) is 12.8 Å². The second kappa shape index (κ2) is 6.83. The molecule has 4 rings (SSSR count). The van der Waals surface area contributed by atoms with Crippen LogP contribution in [0.4, 0.5) is 4.79 Å². The highest BCUT2D eigenvalue weighted by Crippen LogP contribution is 2.35. The van der Waals surface area contributed by atoms with E-state index in [1.54, 1.807) is 27.8 Å². The molecular weight excluding hydrogens is 346 g/mol. The lowest BCUT2D eigenvalue weighted by molar-refractivity contribution is 0.00291. The molecule has 4 heterocycles. The molecular formula is C19H25N5O3. The zero-order chi connectivity index (χ0) is 19.0. The lowest BCUT2D eigenvalue weighted by Gasteiger charge is -2.37. The number of nitrogens with zero attached hydrogens (tertiary/aromatic N) is 5. The summed E-state index contributed by atoms with van der Waals surface area (Å²) >= 11 is 0. The van der Waals surface area contributed by atoms with E-state index in [-0.39, 0.29) is 18.0 Å². The number of carbonyl (C=O) groups is 2. The van der Waals surface area contributed by atoms with Gasteiger partial charge in [-0.15, -0.1) is 0 Å². The van der Waals surface area contributed by atoms with Gasteiger partial charge >= 0.3 is 6.09 Å². The third kappa shape index (κ3) is 3.24. The van der Waals surface area contributed by atoms with Crippen molar-refractivity contribution in [3.63, 3.8) is 0 Å². The van der Waals surface area contributed by atoms with Gasteiger partial charge in [0.15, 0.2) is 0 Å². The first-order valence-corrected chi connectivity index (χ1v) is 9.60. The SMILES string of the molecule is CCCC(C)N1CC2(CCN(C(=O)c3cn4cccnc4n3)CC2)OC1=O. The first-order valence-electron chi connectivity index (χ1n) is 9.60. The highest BCUT2D eigenvalue weighted by molar-refractivity contribution is 5.92. The maximum Gasteiger partial charge on any atom is 0.410 e. The van der Waals surface area contributed by atoms with E-state index >= 15 is 0 Å². The Labute approximate surface area is 158 Å². The lowest BCUT2D eigenvalue weighted by atomic mass is 9.91. The number of ether oxygens (including phenoxy) is 1. The second-order valence-corrected chi connectivity index (χ2v) is 7.56. The summed E-state index contributed by atoms with van der Waals surface area (Å²) in [6, 6.07) is 1.99. The number of rotatable bonds is 4. The molecule has 2 fully saturated rings. The average molecular weight is 371 g/mol. The van der Waals surface area contributed by atoms with E-state index in [1.165, 1.54) is 0 Å². The third-order valence-corrected chi connectivity index (χ3v) is 5.65. The second-order valence-electron chi connectivity index (χ2n) is 7.56. The van der Waals surface area contributed by atoms with Gasteiger partial charge in [0.25, 0.3) is 5.91 Å². The van der Waals surface area contributed by atoms with Crippen LogP contribution in [-0.4, -0.2) is 67.4 Å². The predicted octanol–water partition coefficient (Wildman–Crippen LogP) is 2.34. The van der Waals surface area contributed by atoms with Gasteiger partial charge in [0.05, 0.1) is 6.54 Å². The molecule has 1 atom stereocenters. The highest BCUT2D eigenvalue weighted by atomic mass is 16.6. The van der Waals surface area contributed by atoms with Crippen LogP contribution in [0.3, 0.4) is 0 Å². The van der Waals surface area contributed by atoms with Crippen LogP contribution in [0.2, 0.25) is 0 Å². The van der Waals surface area contributed by atoms with Gasteiger partial charge < -0.3 is 14.5 Å². The molecule has 27 heavy (non-hydrogen) atoms. The van der Waals surface area contributed by atoms with E-state index < -0.39 is 5.60 Å².